The van der Waals surface area contributed by atoms with Crippen LogP contribution in [0.3, 0.4) is 0 Å². The first kappa shape index (κ1) is 16.7. The van der Waals surface area contributed by atoms with E-state index in [1.54, 1.807) is 29.1 Å². The van der Waals surface area contributed by atoms with Gasteiger partial charge in [-0.1, -0.05) is 29.8 Å². The van der Waals surface area contributed by atoms with Crippen LogP contribution in [0.1, 0.15) is 15.9 Å². The summed E-state index contributed by atoms with van der Waals surface area (Å²) in [5, 5.41) is 18.4. The van der Waals surface area contributed by atoms with Crippen LogP contribution in [-0.2, 0) is 6.54 Å². The van der Waals surface area contributed by atoms with E-state index >= 15 is 0 Å². The molecule has 0 aliphatic rings. The molecule has 3 aromatic rings. The molecule has 0 saturated heterocycles. The van der Waals surface area contributed by atoms with Gasteiger partial charge < -0.3 is 5.32 Å². The summed E-state index contributed by atoms with van der Waals surface area (Å²) in [5.74, 6) is 0.0491. The van der Waals surface area contributed by atoms with Gasteiger partial charge in [0, 0.05) is 28.8 Å². The number of hydrogen-bond acceptors (Lipinski definition) is 4. The smallest absolute Gasteiger partial charge is 0.270 e. The molecule has 7 nitrogen and oxygen atoms in total. The van der Waals surface area contributed by atoms with Crippen LogP contribution < -0.4 is 5.32 Å². The van der Waals surface area contributed by atoms with E-state index in [2.05, 4.69) is 10.4 Å². The fourth-order valence-electron chi connectivity index (χ4n) is 2.28. The number of benzene rings is 2. The molecule has 126 valence electrons. The lowest BCUT2D eigenvalue weighted by Gasteiger charge is -2.09. The average molecular weight is 357 g/mol. The minimum Gasteiger partial charge on any atom is -0.307 e. The van der Waals surface area contributed by atoms with Gasteiger partial charge in [-0.25, -0.2) is 4.68 Å². The number of nitrogens with zero attached hydrogens (tertiary/aromatic N) is 3. The molecule has 0 radical (unpaired) electrons. The van der Waals surface area contributed by atoms with E-state index in [9.17, 15) is 14.9 Å². The van der Waals surface area contributed by atoms with Gasteiger partial charge in [0.05, 0.1) is 17.7 Å². The molecule has 25 heavy (non-hydrogen) atoms. The van der Waals surface area contributed by atoms with E-state index in [4.69, 9.17) is 11.6 Å². The monoisotopic (exact) mass is 356 g/mol. The molecule has 0 unspecified atom stereocenters. The maximum atomic E-state index is 12.3. The Balaban J connectivity index is 1.76. The molecule has 0 aliphatic heterocycles. The van der Waals surface area contributed by atoms with Crippen molar-refractivity contribution in [3.8, 4) is 0 Å². The van der Waals surface area contributed by atoms with Gasteiger partial charge in [-0.05, 0) is 23.8 Å². The Hall–Kier alpha value is -3.19. The third-order valence-electron chi connectivity index (χ3n) is 3.52. The topological polar surface area (TPSA) is 90.1 Å². The van der Waals surface area contributed by atoms with Crippen molar-refractivity contribution in [3.63, 3.8) is 0 Å². The third-order valence-corrected chi connectivity index (χ3v) is 3.77. The number of carbonyl (C=O) groups excluding carboxylic acids is 1. The Morgan fingerprint density at radius 2 is 1.96 bits per heavy atom. The van der Waals surface area contributed by atoms with E-state index < -0.39 is 10.8 Å². The Labute approximate surface area is 148 Å². The van der Waals surface area contributed by atoms with Gasteiger partial charge in [-0.2, -0.15) is 5.10 Å². The lowest BCUT2D eigenvalue weighted by Crippen LogP contribution is -2.16. The number of halogens is 1. The van der Waals surface area contributed by atoms with Crippen molar-refractivity contribution >= 4 is 29.0 Å². The van der Waals surface area contributed by atoms with Crippen molar-refractivity contribution in [2.45, 2.75) is 6.54 Å². The number of rotatable bonds is 5. The zero-order chi connectivity index (χ0) is 17.8. The molecule has 1 aromatic heterocycles. The highest BCUT2D eigenvalue weighted by Crippen LogP contribution is 2.17. The predicted molar refractivity (Wildman–Crippen MR) is 93.8 cm³/mol. The fourth-order valence-corrected chi connectivity index (χ4v) is 2.40. The zero-order valence-corrected chi connectivity index (χ0v) is 13.7. The summed E-state index contributed by atoms with van der Waals surface area (Å²) in [5.41, 5.74) is 1.04. The average Bonchev–Trinajstić information content (AvgIpc) is 3.03. The second-order valence-corrected chi connectivity index (χ2v) is 5.70. The van der Waals surface area contributed by atoms with Crippen LogP contribution in [0.2, 0.25) is 5.02 Å². The number of nitro groups is 1. The predicted octanol–water partition coefficient (Wildman–Crippen LogP) is 3.75. The number of hydrogen-bond donors (Lipinski definition) is 1. The molecule has 0 aliphatic carbocycles. The van der Waals surface area contributed by atoms with Crippen molar-refractivity contribution in [1.29, 1.82) is 0 Å². The molecule has 0 fully saturated rings. The molecule has 8 heteroatoms. The molecular formula is C17H13ClN4O3. The summed E-state index contributed by atoms with van der Waals surface area (Å²) in [7, 11) is 0. The van der Waals surface area contributed by atoms with Crippen LogP contribution in [-0.4, -0.2) is 20.6 Å². The van der Waals surface area contributed by atoms with Gasteiger partial charge in [0.15, 0.2) is 0 Å². The first-order valence-electron chi connectivity index (χ1n) is 7.35. The normalized spacial score (nSPS) is 10.4. The number of aromatic nitrogens is 2. The summed E-state index contributed by atoms with van der Waals surface area (Å²) >= 11 is 5.87. The van der Waals surface area contributed by atoms with Crippen LogP contribution in [0.4, 0.5) is 11.5 Å². The molecule has 3 rings (SSSR count). The quantitative estimate of drug-likeness (QED) is 0.557. The number of amides is 1. The summed E-state index contributed by atoms with van der Waals surface area (Å²) < 4.78 is 1.62. The lowest BCUT2D eigenvalue weighted by atomic mass is 10.2. The standard InChI is InChI=1S/C17H13ClN4O3/c18-14-6-4-12(5-7-14)11-21-16(8-9-19-21)20-17(23)13-2-1-3-15(10-13)22(24)25/h1-10H,11H2,(H,20,23). The van der Waals surface area contributed by atoms with Gasteiger partial charge in [-0.3, -0.25) is 14.9 Å². The van der Waals surface area contributed by atoms with E-state index in [1.807, 2.05) is 12.1 Å². The van der Waals surface area contributed by atoms with Crippen LogP contribution >= 0.6 is 11.6 Å². The third kappa shape index (κ3) is 4.02. The SMILES string of the molecule is O=C(Nc1ccnn1Cc1ccc(Cl)cc1)c1cccc([N+](=O)[O-])c1. The molecular weight excluding hydrogens is 344 g/mol. The molecule has 0 atom stereocenters. The van der Waals surface area contributed by atoms with Gasteiger partial charge in [0.1, 0.15) is 5.82 Å². The van der Waals surface area contributed by atoms with Crippen LogP contribution in [0, 0.1) is 10.1 Å². The minimum atomic E-state index is -0.540. The van der Waals surface area contributed by atoms with Crippen LogP contribution in [0.15, 0.2) is 60.8 Å². The van der Waals surface area contributed by atoms with Gasteiger partial charge >= 0.3 is 0 Å². The van der Waals surface area contributed by atoms with E-state index in [0.717, 1.165) is 5.56 Å². The molecule has 1 heterocycles. The first-order chi connectivity index (χ1) is 12.0. The van der Waals surface area contributed by atoms with Crippen molar-refractivity contribution in [2.75, 3.05) is 5.32 Å². The molecule has 1 N–H and O–H groups in total. The number of anilines is 1. The Morgan fingerprint density at radius 3 is 2.68 bits per heavy atom. The number of nitro benzene ring substituents is 1. The second-order valence-electron chi connectivity index (χ2n) is 5.26. The lowest BCUT2D eigenvalue weighted by molar-refractivity contribution is -0.384. The molecule has 0 saturated carbocycles. The Bertz CT molecular complexity index is 922. The number of carbonyl (C=O) groups is 1. The number of non-ortho nitro benzene ring substituents is 1. The summed E-state index contributed by atoms with van der Waals surface area (Å²) in [6.07, 6.45) is 1.57. The number of nitrogens with one attached hydrogen (secondary N) is 1. The maximum Gasteiger partial charge on any atom is 0.270 e. The molecule has 0 spiro atoms. The summed E-state index contributed by atoms with van der Waals surface area (Å²) in [4.78, 5) is 22.6. The highest BCUT2D eigenvalue weighted by atomic mass is 35.5. The Kier molecular flexibility index (Phi) is 4.76. The largest absolute Gasteiger partial charge is 0.307 e. The first-order valence-corrected chi connectivity index (χ1v) is 7.73. The van der Waals surface area contributed by atoms with Crippen molar-refractivity contribution in [3.05, 3.63) is 87.1 Å². The molecule has 2 aromatic carbocycles. The van der Waals surface area contributed by atoms with Gasteiger partial charge in [-0.15, -0.1) is 0 Å². The summed E-state index contributed by atoms with van der Waals surface area (Å²) in [6.45, 7) is 0.453. The zero-order valence-electron chi connectivity index (χ0n) is 12.9. The van der Waals surface area contributed by atoms with Gasteiger partial charge in [0.2, 0.25) is 0 Å². The van der Waals surface area contributed by atoms with Crippen molar-refractivity contribution in [1.82, 2.24) is 9.78 Å². The summed E-state index contributed by atoms with van der Waals surface area (Å²) in [6, 6.07) is 14.5. The second kappa shape index (κ2) is 7.14. The van der Waals surface area contributed by atoms with Crippen molar-refractivity contribution < 1.29 is 9.72 Å². The molecule has 0 bridgehead atoms. The van der Waals surface area contributed by atoms with E-state index in [-0.39, 0.29) is 11.3 Å². The highest BCUT2D eigenvalue weighted by Gasteiger charge is 2.13. The van der Waals surface area contributed by atoms with E-state index in [0.29, 0.717) is 17.4 Å². The van der Waals surface area contributed by atoms with E-state index in [1.165, 1.54) is 24.3 Å². The van der Waals surface area contributed by atoms with Crippen molar-refractivity contribution in [2.24, 2.45) is 0 Å². The fraction of sp³-hybridized carbons (Fsp3) is 0.0588. The van der Waals surface area contributed by atoms with Crippen LogP contribution in [0.25, 0.3) is 0 Å². The molecule has 1 amide bonds. The maximum absolute atomic E-state index is 12.3. The minimum absolute atomic E-state index is 0.137. The Morgan fingerprint density at radius 1 is 1.20 bits per heavy atom. The van der Waals surface area contributed by atoms with Crippen LogP contribution in [0.5, 0.6) is 0 Å². The highest BCUT2D eigenvalue weighted by molar-refractivity contribution is 6.30. The van der Waals surface area contributed by atoms with Gasteiger partial charge in [0.25, 0.3) is 11.6 Å².